The maximum absolute atomic E-state index is 12.4. The molecule has 0 bridgehead atoms. The molecule has 21 heavy (non-hydrogen) atoms. The molecule has 1 N–H and O–H groups in total. The molecule has 0 saturated heterocycles. The van der Waals surface area contributed by atoms with Crippen molar-refractivity contribution in [3.05, 3.63) is 0 Å². The molecular weight excluding hydrogens is 285 g/mol. The van der Waals surface area contributed by atoms with E-state index in [0.29, 0.717) is 12.3 Å². The summed E-state index contributed by atoms with van der Waals surface area (Å²) < 4.78 is 42.4. The molecule has 0 aromatic carbocycles. The molecule has 3 nitrogen and oxygen atoms in total. The summed E-state index contributed by atoms with van der Waals surface area (Å²) in [6.07, 6.45) is -2.99. The van der Waals surface area contributed by atoms with Gasteiger partial charge in [0.05, 0.1) is 5.92 Å². The Kier molecular flexibility index (Phi) is 6.08. The summed E-state index contributed by atoms with van der Waals surface area (Å²) in [6.45, 7) is 4.75. The van der Waals surface area contributed by atoms with Gasteiger partial charge in [0, 0.05) is 13.0 Å². The third-order valence-electron chi connectivity index (χ3n) is 3.60. The van der Waals surface area contributed by atoms with Gasteiger partial charge in [0.1, 0.15) is 5.60 Å². The van der Waals surface area contributed by atoms with Crippen LogP contribution in [0, 0.1) is 17.8 Å². The Morgan fingerprint density at radius 3 is 2.24 bits per heavy atom. The van der Waals surface area contributed by atoms with Crippen LogP contribution in [0.1, 0.15) is 52.9 Å². The molecule has 1 rings (SSSR count). The van der Waals surface area contributed by atoms with Gasteiger partial charge in [0.25, 0.3) is 0 Å². The summed E-state index contributed by atoms with van der Waals surface area (Å²) in [5.74, 6) is -1.45. The summed E-state index contributed by atoms with van der Waals surface area (Å²) in [6, 6.07) is 0. The molecule has 0 amide bonds. The number of halogens is 3. The topological polar surface area (TPSA) is 46.5 Å². The second-order valence-corrected chi connectivity index (χ2v) is 6.92. The van der Waals surface area contributed by atoms with Crippen molar-refractivity contribution in [2.45, 2.75) is 64.7 Å². The molecule has 0 radical (unpaired) electrons. The lowest BCUT2D eigenvalue weighted by Gasteiger charge is -2.28. The molecule has 1 aliphatic rings. The zero-order valence-corrected chi connectivity index (χ0v) is 12.9. The quantitative estimate of drug-likeness (QED) is 0.729. The SMILES string of the molecule is CC(C)(C)OC(=O)[C@@H](CC1CC1)[C@H](CO)CCC(F)(F)F. The number of ether oxygens (including phenoxy) is 1. The number of carbonyl (C=O) groups excluding carboxylic acids is 1. The first-order chi connectivity index (χ1) is 9.52. The minimum absolute atomic E-state index is 0.239. The molecule has 0 aromatic heterocycles. The minimum Gasteiger partial charge on any atom is -0.460 e. The zero-order chi connectivity index (χ0) is 16.3. The predicted octanol–water partition coefficient (Wildman–Crippen LogP) is 3.70. The number of aliphatic hydroxyl groups excluding tert-OH is 1. The van der Waals surface area contributed by atoms with Crippen LogP contribution in [-0.4, -0.2) is 29.5 Å². The Bertz CT molecular complexity index is 343. The molecule has 0 aromatic rings. The van der Waals surface area contributed by atoms with E-state index in [1.54, 1.807) is 20.8 Å². The monoisotopic (exact) mass is 310 g/mol. The van der Waals surface area contributed by atoms with Gasteiger partial charge in [-0.25, -0.2) is 0 Å². The van der Waals surface area contributed by atoms with Gasteiger partial charge >= 0.3 is 12.1 Å². The number of rotatable bonds is 7. The lowest BCUT2D eigenvalue weighted by atomic mass is 9.84. The van der Waals surface area contributed by atoms with Gasteiger partial charge in [-0.15, -0.1) is 0 Å². The van der Waals surface area contributed by atoms with E-state index < -0.39 is 42.6 Å². The van der Waals surface area contributed by atoms with Crippen molar-refractivity contribution in [3.8, 4) is 0 Å². The number of alkyl halides is 3. The van der Waals surface area contributed by atoms with Gasteiger partial charge in [0.15, 0.2) is 0 Å². The van der Waals surface area contributed by atoms with Crippen LogP contribution in [0.25, 0.3) is 0 Å². The van der Waals surface area contributed by atoms with Crippen molar-refractivity contribution in [2.24, 2.45) is 17.8 Å². The normalized spacial score (nSPS) is 19.2. The van der Waals surface area contributed by atoms with E-state index in [-0.39, 0.29) is 6.42 Å². The Hall–Kier alpha value is -0.780. The first kappa shape index (κ1) is 18.3. The molecule has 0 unspecified atom stereocenters. The molecule has 124 valence electrons. The van der Waals surface area contributed by atoms with Gasteiger partial charge < -0.3 is 9.84 Å². The summed E-state index contributed by atoms with van der Waals surface area (Å²) in [5, 5.41) is 9.40. The lowest BCUT2D eigenvalue weighted by Crippen LogP contribution is -2.34. The number of hydrogen-bond acceptors (Lipinski definition) is 3. The molecule has 1 aliphatic carbocycles. The van der Waals surface area contributed by atoms with Gasteiger partial charge in [-0.3, -0.25) is 4.79 Å². The van der Waals surface area contributed by atoms with Crippen LogP contribution in [0.4, 0.5) is 13.2 Å². The van der Waals surface area contributed by atoms with Gasteiger partial charge in [-0.2, -0.15) is 13.2 Å². The fourth-order valence-corrected chi connectivity index (χ4v) is 2.34. The van der Waals surface area contributed by atoms with Crippen molar-refractivity contribution in [1.29, 1.82) is 0 Å². The van der Waals surface area contributed by atoms with Crippen LogP contribution in [0.2, 0.25) is 0 Å². The number of carbonyl (C=O) groups is 1. The van der Waals surface area contributed by atoms with E-state index in [4.69, 9.17) is 4.74 Å². The van der Waals surface area contributed by atoms with E-state index in [1.165, 1.54) is 0 Å². The van der Waals surface area contributed by atoms with Crippen LogP contribution in [0.3, 0.4) is 0 Å². The van der Waals surface area contributed by atoms with Crippen LogP contribution < -0.4 is 0 Å². The maximum atomic E-state index is 12.4. The summed E-state index contributed by atoms with van der Waals surface area (Å²) in [4.78, 5) is 12.2. The highest BCUT2D eigenvalue weighted by molar-refractivity contribution is 5.73. The second-order valence-electron chi connectivity index (χ2n) is 6.92. The van der Waals surface area contributed by atoms with Gasteiger partial charge in [-0.1, -0.05) is 12.8 Å². The van der Waals surface area contributed by atoms with Crippen molar-refractivity contribution >= 4 is 5.97 Å². The Labute approximate surface area is 123 Å². The predicted molar refractivity (Wildman–Crippen MR) is 72.5 cm³/mol. The molecular formula is C15H25F3O3. The first-order valence-corrected chi connectivity index (χ1v) is 7.42. The lowest BCUT2D eigenvalue weighted by molar-refractivity contribution is -0.166. The molecule has 0 spiro atoms. The minimum atomic E-state index is -4.27. The van der Waals surface area contributed by atoms with E-state index in [0.717, 1.165) is 12.8 Å². The van der Waals surface area contributed by atoms with Crippen molar-refractivity contribution in [2.75, 3.05) is 6.61 Å². The smallest absolute Gasteiger partial charge is 0.389 e. The Balaban J connectivity index is 2.70. The van der Waals surface area contributed by atoms with Crippen LogP contribution in [0.5, 0.6) is 0 Å². The van der Waals surface area contributed by atoms with E-state index in [9.17, 15) is 23.1 Å². The summed E-state index contributed by atoms with van der Waals surface area (Å²) in [5.41, 5.74) is -0.678. The van der Waals surface area contributed by atoms with Crippen LogP contribution >= 0.6 is 0 Å². The van der Waals surface area contributed by atoms with E-state index >= 15 is 0 Å². The number of hydrogen-bond donors (Lipinski definition) is 1. The zero-order valence-electron chi connectivity index (χ0n) is 12.9. The van der Waals surface area contributed by atoms with Gasteiger partial charge in [-0.05, 0) is 45.4 Å². The van der Waals surface area contributed by atoms with Gasteiger partial charge in [0.2, 0.25) is 0 Å². The Morgan fingerprint density at radius 2 is 1.86 bits per heavy atom. The summed E-state index contributed by atoms with van der Waals surface area (Å²) >= 11 is 0. The molecule has 1 saturated carbocycles. The average molecular weight is 310 g/mol. The highest BCUT2D eigenvalue weighted by Gasteiger charge is 2.38. The highest BCUT2D eigenvalue weighted by atomic mass is 19.4. The summed E-state index contributed by atoms with van der Waals surface area (Å²) in [7, 11) is 0. The standard InChI is InChI=1S/C15H25F3O3/c1-14(2,3)21-13(20)12(8-10-4-5-10)11(9-19)6-7-15(16,17)18/h10-12,19H,4-9H2,1-3H3/t11-,12-/m0/s1. The first-order valence-electron chi connectivity index (χ1n) is 7.42. The third kappa shape index (κ3) is 7.69. The molecule has 1 fully saturated rings. The largest absolute Gasteiger partial charge is 0.460 e. The third-order valence-corrected chi connectivity index (χ3v) is 3.60. The molecule has 0 heterocycles. The van der Waals surface area contributed by atoms with E-state index in [2.05, 4.69) is 0 Å². The fraction of sp³-hybridized carbons (Fsp3) is 0.933. The molecule has 0 aliphatic heterocycles. The second kappa shape index (κ2) is 6.99. The van der Waals surface area contributed by atoms with Crippen molar-refractivity contribution < 1.29 is 27.8 Å². The van der Waals surface area contributed by atoms with Crippen LogP contribution in [-0.2, 0) is 9.53 Å². The molecule has 6 heteroatoms. The highest BCUT2D eigenvalue weighted by Crippen LogP contribution is 2.40. The molecule has 2 atom stereocenters. The van der Waals surface area contributed by atoms with E-state index in [1.807, 2.05) is 0 Å². The number of esters is 1. The van der Waals surface area contributed by atoms with Crippen molar-refractivity contribution in [3.63, 3.8) is 0 Å². The Morgan fingerprint density at radius 1 is 1.29 bits per heavy atom. The van der Waals surface area contributed by atoms with Crippen molar-refractivity contribution in [1.82, 2.24) is 0 Å². The maximum Gasteiger partial charge on any atom is 0.389 e. The average Bonchev–Trinajstić information content (AvgIpc) is 3.08. The fourth-order valence-electron chi connectivity index (χ4n) is 2.34. The van der Waals surface area contributed by atoms with Crippen LogP contribution in [0.15, 0.2) is 0 Å². The number of aliphatic hydroxyl groups is 1.